The van der Waals surface area contributed by atoms with Crippen LogP contribution in [0.2, 0.25) is 0 Å². The summed E-state index contributed by atoms with van der Waals surface area (Å²) in [5.74, 6) is -6.88. The number of hydrogen-bond donors (Lipinski definition) is 8. The van der Waals surface area contributed by atoms with Gasteiger partial charge in [-0.1, -0.05) is 71.1 Å². The number of aliphatic hydroxyl groups excluding tert-OH is 4. The largest absolute Gasteiger partial charge is 0.490 e. The first-order valence-corrected chi connectivity index (χ1v) is 20.9. The van der Waals surface area contributed by atoms with Crippen molar-refractivity contribution in [2.45, 2.75) is 151 Å². The molecule has 0 aliphatic carbocycles. The summed E-state index contributed by atoms with van der Waals surface area (Å²) in [6.07, 6.45) is -8.64. The highest BCUT2D eigenvalue weighted by Crippen LogP contribution is 2.36. The van der Waals surface area contributed by atoms with E-state index in [0.29, 0.717) is 6.42 Å². The Morgan fingerprint density at radius 1 is 0.818 bits per heavy atom. The summed E-state index contributed by atoms with van der Waals surface area (Å²) in [6, 6.07) is -0.301. The monoisotopic (exact) mass is 967 g/mol. The molecule has 0 radical (unpaired) electrons. The van der Waals surface area contributed by atoms with E-state index in [9.17, 15) is 65.9 Å². The first-order chi connectivity index (χ1) is 30.8. The maximum absolute atomic E-state index is 14.2. The van der Waals surface area contributed by atoms with Gasteiger partial charge in [-0.2, -0.15) is 26.3 Å². The third-order valence-electron chi connectivity index (χ3n) is 10.5. The summed E-state index contributed by atoms with van der Waals surface area (Å²) < 4.78 is 87.7. The van der Waals surface area contributed by atoms with Crippen molar-refractivity contribution in [1.82, 2.24) is 19.4 Å². The smallest absolute Gasteiger partial charge is 0.475 e. The van der Waals surface area contributed by atoms with Crippen molar-refractivity contribution in [3.8, 4) is 0 Å². The van der Waals surface area contributed by atoms with Crippen molar-refractivity contribution in [3.63, 3.8) is 0 Å². The van der Waals surface area contributed by atoms with Crippen LogP contribution in [0.5, 0.6) is 0 Å². The van der Waals surface area contributed by atoms with Gasteiger partial charge >= 0.3 is 36.0 Å². The van der Waals surface area contributed by atoms with Gasteiger partial charge in [0, 0.05) is 32.4 Å². The number of esters is 1. The SMILES string of the molecule is CCCCCCCCCCCCCOC(=O)C1=CCN(C)[C@@H]([C@H](O[C@@H]2O[C@H](CN)[C@@H](O)[C@H]2O)[C@H]2O[C@@H](n3ccc(=O)[nH]c3=O)[C@H](O)[C@@H]2O)C(=O)N1C.O=C(O)C(F)(F)F.O=C(O)C(F)(F)F. The Hall–Kier alpha value is -4.48. The van der Waals surface area contributed by atoms with Gasteiger partial charge in [0.2, 0.25) is 5.91 Å². The minimum absolute atomic E-state index is 0.0115. The highest BCUT2D eigenvalue weighted by molar-refractivity contribution is 5.96. The number of likely N-dealkylation sites (N-methyl/N-ethyl adjacent to an activating group) is 2. The number of amides is 1. The number of unbranched alkanes of at least 4 members (excludes halogenated alkanes) is 10. The lowest BCUT2D eigenvalue weighted by Gasteiger charge is -2.38. The van der Waals surface area contributed by atoms with Crippen molar-refractivity contribution in [2.24, 2.45) is 5.73 Å². The second-order valence-electron chi connectivity index (χ2n) is 15.5. The van der Waals surface area contributed by atoms with Crippen molar-refractivity contribution in [3.05, 3.63) is 44.9 Å². The number of halogens is 6. The Balaban J connectivity index is 0.000000923. The quantitative estimate of drug-likeness (QED) is 0.0538. The Morgan fingerprint density at radius 2 is 1.33 bits per heavy atom. The number of ether oxygens (including phenoxy) is 4. The molecule has 2 fully saturated rings. The number of H-pyrrole nitrogens is 1. The molecular formula is C39H59F6N5O16. The number of rotatable bonds is 19. The number of alkyl halides is 6. The van der Waals surface area contributed by atoms with E-state index in [1.54, 1.807) is 7.05 Å². The summed E-state index contributed by atoms with van der Waals surface area (Å²) >= 11 is 0. The predicted molar refractivity (Wildman–Crippen MR) is 214 cm³/mol. The molecule has 4 heterocycles. The number of hydrogen-bond acceptors (Lipinski definition) is 16. The average molecular weight is 968 g/mol. The van der Waals surface area contributed by atoms with Gasteiger partial charge in [0.25, 0.3) is 5.56 Å². The Morgan fingerprint density at radius 3 is 1.80 bits per heavy atom. The van der Waals surface area contributed by atoms with Gasteiger partial charge in [0.15, 0.2) is 12.5 Å². The van der Waals surface area contributed by atoms with Gasteiger partial charge in [0.05, 0.1) is 6.61 Å². The molecule has 1 aromatic rings. The number of aliphatic carboxylic acids is 2. The summed E-state index contributed by atoms with van der Waals surface area (Å²) in [7, 11) is 2.95. The van der Waals surface area contributed by atoms with Crippen LogP contribution < -0.4 is 17.0 Å². The van der Waals surface area contributed by atoms with Crippen LogP contribution >= 0.6 is 0 Å². The number of carbonyl (C=O) groups is 4. The first kappa shape index (κ1) is 57.6. The van der Waals surface area contributed by atoms with E-state index < -0.39 is 109 Å². The minimum atomic E-state index is -5.08. The number of nitrogens with one attached hydrogen (secondary N) is 1. The van der Waals surface area contributed by atoms with Gasteiger partial charge in [-0.15, -0.1) is 0 Å². The van der Waals surface area contributed by atoms with E-state index >= 15 is 0 Å². The summed E-state index contributed by atoms with van der Waals surface area (Å²) in [6.45, 7) is 2.26. The van der Waals surface area contributed by atoms with E-state index in [1.165, 1.54) is 63.0 Å². The van der Waals surface area contributed by atoms with Gasteiger partial charge in [0.1, 0.15) is 54.5 Å². The van der Waals surface area contributed by atoms with E-state index in [1.807, 2.05) is 0 Å². The molecule has 2 saturated heterocycles. The van der Waals surface area contributed by atoms with Crippen LogP contribution in [0.1, 0.15) is 83.8 Å². The van der Waals surface area contributed by atoms with Gasteiger partial charge in [-0.25, -0.2) is 19.2 Å². The zero-order valence-corrected chi connectivity index (χ0v) is 36.4. The van der Waals surface area contributed by atoms with Crippen LogP contribution in [-0.2, 0) is 38.1 Å². The van der Waals surface area contributed by atoms with Gasteiger partial charge in [-0.3, -0.25) is 24.0 Å². The number of aromatic amines is 1. The second kappa shape index (κ2) is 26.8. The molecule has 27 heteroatoms. The van der Waals surface area contributed by atoms with E-state index in [0.717, 1.165) is 41.0 Å². The molecule has 9 N–H and O–H groups in total. The lowest BCUT2D eigenvalue weighted by molar-refractivity contribution is -0.232. The molecule has 378 valence electrons. The molecule has 4 rings (SSSR count). The molecule has 0 bridgehead atoms. The number of nitrogens with zero attached hydrogens (tertiary/aromatic N) is 3. The van der Waals surface area contributed by atoms with Crippen molar-refractivity contribution >= 4 is 23.8 Å². The van der Waals surface area contributed by atoms with E-state index in [4.69, 9.17) is 44.5 Å². The number of carboxylic acids is 2. The fraction of sp³-hybridized carbons (Fsp3) is 0.744. The maximum atomic E-state index is 14.2. The topological polar surface area (TPSA) is 314 Å². The van der Waals surface area contributed by atoms with Crippen LogP contribution in [0.4, 0.5) is 26.3 Å². The first-order valence-electron chi connectivity index (χ1n) is 20.9. The highest BCUT2D eigenvalue weighted by atomic mass is 19.4. The number of nitrogens with two attached hydrogens (primary N) is 1. The predicted octanol–water partition coefficient (Wildman–Crippen LogP) is 0.724. The normalized spacial score (nSPS) is 26.3. The molecule has 0 spiro atoms. The van der Waals surface area contributed by atoms with Crippen LogP contribution in [0.3, 0.4) is 0 Å². The molecule has 10 atom stereocenters. The molecule has 0 unspecified atom stereocenters. The van der Waals surface area contributed by atoms with Crippen LogP contribution in [0.15, 0.2) is 33.6 Å². The van der Waals surface area contributed by atoms with Crippen LogP contribution in [0, 0.1) is 0 Å². The van der Waals surface area contributed by atoms with Crippen molar-refractivity contribution < 1.29 is 95.1 Å². The molecule has 1 amide bonds. The lowest BCUT2D eigenvalue weighted by Crippen LogP contribution is -2.59. The van der Waals surface area contributed by atoms with Crippen molar-refractivity contribution in [2.75, 3.05) is 33.8 Å². The number of aromatic nitrogens is 2. The third kappa shape index (κ3) is 17.0. The van der Waals surface area contributed by atoms with Gasteiger partial charge in [-0.05, 0) is 19.5 Å². The fourth-order valence-electron chi connectivity index (χ4n) is 6.93. The van der Waals surface area contributed by atoms with E-state index in [-0.39, 0.29) is 25.4 Å². The Kier molecular flexibility index (Phi) is 23.4. The molecule has 1 aromatic heterocycles. The Labute approximate surface area is 373 Å². The minimum Gasteiger partial charge on any atom is -0.475 e. The number of carboxylic acid groups (broad SMARTS) is 2. The summed E-state index contributed by atoms with van der Waals surface area (Å²) in [5, 5.41) is 57.8. The third-order valence-corrected chi connectivity index (χ3v) is 10.5. The lowest BCUT2D eigenvalue weighted by atomic mass is 9.97. The molecule has 3 aliphatic heterocycles. The fourth-order valence-corrected chi connectivity index (χ4v) is 6.93. The number of carbonyl (C=O) groups excluding carboxylic acids is 2. The second-order valence-corrected chi connectivity index (χ2v) is 15.5. The van der Waals surface area contributed by atoms with E-state index in [2.05, 4.69) is 11.9 Å². The van der Waals surface area contributed by atoms with Crippen molar-refractivity contribution in [1.29, 1.82) is 0 Å². The molecule has 66 heavy (non-hydrogen) atoms. The average Bonchev–Trinajstić information content (AvgIpc) is 3.64. The summed E-state index contributed by atoms with van der Waals surface area (Å²) in [4.78, 5) is 74.1. The molecule has 0 saturated carbocycles. The zero-order valence-electron chi connectivity index (χ0n) is 36.4. The zero-order chi connectivity index (χ0) is 50.1. The highest BCUT2D eigenvalue weighted by Gasteiger charge is 2.55. The summed E-state index contributed by atoms with van der Waals surface area (Å²) in [5.41, 5.74) is 4.06. The number of aliphatic hydroxyl groups is 4. The molecular weight excluding hydrogens is 908 g/mol. The van der Waals surface area contributed by atoms with Crippen LogP contribution in [0.25, 0.3) is 0 Å². The van der Waals surface area contributed by atoms with Crippen LogP contribution in [-0.4, -0.2) is 175 Å². The Bertz CT molecular complexity index is 1840. The van der Waals surface area contributed by atoms with Gasteiger partial charge < -0.3 is 60.2 Å². The maximum Gasteiger partial charge on any atom is 0.490 e. The standard InChI is InChI=1S/C35H57N5O12.2C2HF3O2/c1-4-5-6-7-8-9-10-11-12-13-14-19-49-33(47)21-15-17-38(2)24(31(46)39(21)3)29(52-34-28(45)25(42)22(20-36)50-34)30-26(43)27(44)32(51-30)40-18-16-23(41)37-35(40)48;2*3-2(4,5)1(6)7/h15-16,18,22,24-30,32,34,42-45H,4-14,17,19-20,36H2,1-3H3,(H,37,41,48);2*(H,6,7)/t22-,24+,25-,26+,27-,28-,29+,30+,32-,34+;;/m1../s1. The molecule has 0 aromatic carbocycles. The molecule has 21 nitrogen and oxygen atoms in total. The molecule has 3 aliphatic rings.